The van der Waals surface area contributed by atoms with Crippen LogP contribution in [0, 0.1) is 6.92 Å². The van der Waals surface area contributed by atoms with E-state index in [1.807, 2.05) is 37.4 Å². The Morgan fingerprint density at radius 3 is 2.67 bits per heavy atom. The smallest absolute Gasteiger partial charge is 0.339 e. The van der Waals surface area contributed by atoms with Crippen LogP contribution in [0.2, 0.25) is 0 Å². The topological polar surface area (TPSA) is 87.6 Å². The van der Waals surface area contributed by atoms with E-state index >= 15 is 0 Å². The first-order valence-electron chi connectivity index (χ1n) is 12.7. The van der Waals surface area contributed by atoms with Gasteiger partial charge in [0.1, 0.15) is 5.82 Å². The highest BCUT2D eigenvalue weighted by atomic mass is 16.5. The maximum Gasteiger partial charge on any atom is 0.339 e. The minimum atomic E-state index is -0.346. The molecule has 0 N–H and O–H groups in total. The molecule has 9 nitrogen and oxygen atoms in total. The fourth-order valence-electron chi connectivity index (χ4n) is 5.24. The Balaban J connectivity index is 1.50. The number of nitrogens with zero attached hydrogens (tertiary/aromatic N) is 7. The number of aromatic nitrogens is 4. The molecule has 0 radical (unpaired) electrons. The van der Waals surface area contributed by atoms with Gasteiger partial charge in [-0.3, -0.25) is 4.98 Å². The average Bonchev–Trinajstić information content (AvgIpc) is 3.35. The molecule has 2 fully saturated rings. The van der Waals surface area contributed by atoms with Crippen LogP contribution >= 0.6 is 0 Å². The summed E-state index contributed by atoms with van der Waals surface area (Å²) in [6, 6.07) is 8.25. The lowest BCUT2D eigenvalue weighted by molar-refractivity contribution is -0.0457. The Labute approximate surface area is 212 Å². The second-order valence-corrected chi connectivity index (χ2v) is 9.40. The third-order valence-electron chi connectivity index (χ3n) is 7.03. The summed E-state index contributed by atoms with van der Waals surface area (Å²) in [6.07, 6.45) is 9.41. The summed E-state index contributed by atoms with van der Waals surface area (Å²) in [5.74, 6) is 1.21. The van der Waals surface area contributed by atoms with E-state index in [0.717, 1.165) is 48.8 Å². The van der Waals surface area contributed by atoms with Gasteiger partial charge in [-0.2, -0.15) is 0 Å². The number of carbonyl (C=O) groups excluding carboxylic acids is 1. The summed E-state index contributed by atoms with van der Waals surface area (Å²) in [4.78, 5) is 33.0. The zero-order valence-electron chi connectivity index (χ0n) is 21.2. The van der Waals surface area contributed by atoms with Crippen LogP contribution in [-0.2, 0) is 4.74 Å². The molecule has 0 spiro atoms. The molecule has 2 unspecified atom stereocenters. The molecular formula is C27H33N7O2. The van der Waals surface area contributed by atoms with Gasteiger partial charge in [-0.05, 0) is 63.4 Å². The first kappa shape index (κ1) is 24.3. The standard InChI is InChI=1S/C27H33N7O2/c1-4-36-27(35)22-16-19(2)26(30-17-22)33-15-14-32(34-13-5-6-20(34)3)18-24(33)23-9-12-29-25(31-23)21-7-10-28-11-8-21/h7-12,16-17,20,24H,4-6,13-15,18H2,1-3H3. The van der Waals surface area contributed by atoms with Crippen molar-refractivity contribution in [2.45, 2.75) is 45.7 Å². The van der Waals surface area contributed by atoms with Crippen LogP contribution in [0.3, 0.4) is 0 Å². The highest BCUT2D eigenvalue weighted by molar-refractivity contribution is 5.89. The van der Waals surface area contributed by atoms with Crippen LogP contribution in [0.5, 0.6) is 0 Å². The van der Waals surface area contributed by atoms with Crippen molar-refractivity contribution in [1.29, 1.82) is 0 Å². The number of piperazine rings is 1. The molecule has 2 saturated heterocycles. The number of hydrogen-bond donors (Lipinski definition) is 0. The Bertz CT molecular complexity index is 1210. The van der Waals surface area contributed by atoms with E-state index in [2.05, 4.69) is 31.8 Å². The summed E-state index contributed by atoms with van der Waals surface area (Å²) in [7, 11) is 0. The molecule has 2 atom stereocenters. The fraction of sp³-hybridized carbons (Fsp3) is 0.444. The minimum Gasteiger partial charge on any atom is -0.462 e. The zero-order valence-corrected chi connectivity index (χ0v) is 21.2. The van der Waals surface area contributed by atoms with E-state index in [0.29, 0.717) is 24.0 Å². The van der Waals surface area contributed by atoms with Gasteiger partial charge in [-0.25, -0.2) is 29.8 Å². The Morgan fingerprint density at radius 1 is 1.11 bits per heavy atom. The van der Waals surface area contributed by atoms with E-state index in [4.69, 9.17) is 14.7 Å². The number of carbonyl (C=O) groups is 1. The predicted octanol–water partition coefficient (Wildman–Crippen LogP) is 3.68. The Morgan fingerprint density at radius 2 is 1.94 bits per heavy atom. The van der Waals surface area contributed by atoms with Crippen molar-refractivity contribution in [2.75, 3.05) is 37.7 Å². The molecule has 5 heterocycles. The van der Waals surface area contributed by atoms with Crippen molar-refractivity contribution in [3.63, 3.8) is 0 Å². The van der Waals surface area contributed by atoms with Crippen molar-refractivity contribution < 1.29 is 9.53 Å². The van der Waals surface area contributed by atoms with Gasteiger partial charge in [0.15, 0.2) is 5.82 Å². The molecule has 0 aliphatic carbocycles. The number of rotatable bonds is 6. The number of anilines is 1. The van der Waals surface area contributed by atoms with Crippen LogP contribution in [0.4, 0.5) is 5.82 Å². The summed E-state index contributed by atoms with van der Waals surface area (Å²) in [5.41, 5.74) is 3.30. The molecule has 2 aliphatic rings. The molecular weight excluding hydrogens is 454 g/mol. The zero-order chi connectivity index (χ0) is 25.1. The Hall–Kier alpha value is -3.43. The number of aryl methyl sites for hydroxylation is 1. The lowest BCUT2D eigenvalue weighted by Gasteiger charge is -2.46. The number of hydrazine groups is 1. The summed E-state index contributed by atoms with van der Waals surface area (Å²) in [5, 5.41) is 4.99. The quantitative estimate of drug-likeness (QED) is 0.483. The van der Waals surface area contributed by atoms with Crippen molar-refractivity contribution in [3.8, 4) is 11.4 Å². The molecule has 0 amide bonds. The summed E-state index contributed by atoms with van der Waals surface area (Å²) < 4.78 is 5.17. The average molecular weight is 488 g/mol. The molecule has 3 aromatic rings. The molecule has 0 aromatic carbocycles. The van der Waals surface area contributed by atoms with Crippen molar-refractivity contribution in [3.05, 3.63) is 65.9 Å². The maximum absolute atomic E-state index is 12.3. The van der Waals surface area contributed by atoms with Gasteiger partial charge in [0.05, 0.1) is 23.9 Å². The molecule has 9 heteroatoms. The van der Waals surface area contributed by atoms with Gasteiger partial charge in [-0.15, -0.1) is 0 Å². The number of pyridine rings is 2. The van der Waals surface area contributed by atoms with Crippen molar-refractivity contribution >= 4 is 11.8 Å². The van der Waals surface area contributed by atoms with Crippen molar-refractivity contribution in [2.24, 2.45) is 0 Å². The molecule has 0 saturated carbocycles. The van der Waals surface area contributed by atoms with E-state index in [9.17, 15) is 4.79 Å². The molecule has 5 rings (SSSR count). The number of esters is 1. The normalized spacial score (nSPS) is 21.0. The molecule has 3 aromatic heterocycles. The van der Waals surface area contributed by atoms with Crippen molar-refractivity contribution in [1.82, 2.24) is 30.0 Å². The third-order valence-corrected chi connectivity index (χ3v) is 7.03. The molecule has 2 aliphatic heterocycles. The first-order valence-corrected chi connectivity index (χ1v) is 12.7. The second kappa shape index (κ2) is 10.7. The van der Waals surface area contributed by atoms with Gasteiger partial charge in [0.25, 0.3) is 0 Å². The van der Waals surface area contributed by atoms with Crippen LogP contribution in [0.1, 0.15) is 54.3 Å². The third kappa shape index (κ3) is 4.94. The largest absolute Gasteiger partial charge is 0.462 e. The fourth-order valence-corrected chi connectivity index (χ4v) is 5.24. The first-order chi connectivity index (χ1) is 17.5. The summed E-state index contributed by atoms with van der Waals surface area (Å²) >= 11 is 0. The van der Waals surface area contributed by atoms with E-state index in [1.165, 1.54) is 12.8 Å². The van der Waals surface area contributed by atoms with Gasteiger partial charge in [-0.1, -0.05) is 0 Å². The maximum atomic E-state index is 12.3. The van der Waals surface area contributed by atoms with Gasteiger partial charge in [0.2, 0.25) is 0 Å². The second-order valence-electron chi connectivity index (χ2n) is 9.40. The van der Waals surface area contributed by atoms with Crippen LogP contribution < -0.4 is 4.90 Å². The van der Waals surface area contributed by atoms with Crippen LogP contribution in [0.15, 0.2) is 49.1 Å². The highest BCUT2D eigenvalue weighted by Gasteiger charge is 2.36. The monoisotopic (exact) mass is 487 g/mol. The summed E-state index contributed by atoms with van der Waals surface area (Å²) in [6.45, 7) is 10.0. The SMILES string of the molecule is CCOC(=O)c1cnc(N2CCN(N3CCCC3C)CC2c2ccnc(-c3ccncc3)n2)c(C)c1. The highest BCUT2D eigenvalue weighted by Crippen LogP contribution is 2.33. The molecule has 0 bridgehead atoms. The Kier molecular flexibility index (Phi) is 7.20. The lowest BCUT2D eigenvalue weighted by Crippen LogP contribution is -2.56. The number of hydrogen-bond acceptors (Lipinski definition) is 9. The predicted molar refractivity (Wildman–Crippen MR) is 137 cm³/mol. The van der Waals surface area contributed by atoms with E-state index < -0.39 is 0 Å². The van der Waals surface area contributed by atoms with E-state index in [-0.39, 0.29) is 12.0 Å². The van der Waals surface area contributed by atoms with Crippen LogP contribution in [0.25, 0.3) is 11.4 Å². The van der Waals surface area contributed by atoms with Crippen LogP contribution in [-0.4, -0.2) is 74.8 Å². The minimum absolute atomic E-state index is 0.0187. The molecule has 188 valence electrons. The number of ether oxygens (including phenoxy) is 1. The van der Waals surface area contributed by atoms with Gasteiger partial charge >= 0.3 is 5.97 Å². The van der Waals surface area contributed by atoms with Gasteiger partial charge in [0, 0.05) is 62.6 Å². The molecule has 36 heavy (non-hydrogen) atoms. The van der Waals surface area contributed by atoms with E-state index in [1.54, 1.807) is 25.5 Å². The lowest BCUT2D eigenvalue weighted by atomic mass is 10.1. The van der Waals surface area contributed by atoms with Gasteiger partial charge < -0.3 is 9.64 Å².